The molecule has 220 valence electrons. The molecule has 0 saturated heterocycles. The molecule has 1 unspecified atom stereocenters. The van der Waals surface area contributed by atoms with Crippen LogP contribution in [0.2, 0.25) is 0 Å². The molecule has 1 aromatic heterocycles. The van der Waals surface area contributed by atoms with E-state index in [2.05, 4.69) is 20.9 Å². The highest BCUT2D eigenvalue weighted by molar-refractivity contribution is 8.00. The van der Waals surface area contributed by atoms with Crippen molar-refractivity contribution < 1.29 is 14.4 Å². The summed E-state index contributed by atoms with van der Waals surface area (Å²) in [5, 5.41) is 10.5. The molecule has 0 bridgehead atoms. The van der Waals surface area contributed by atoms with E-state index >= 15 is 0 Å². The third kappa shape index (κ3) is 8.09. The Labute approximate surface area is 264 Å². The number of carbonyl (C=O) groups excluding carboxylic acids is 3. The van der Waals surface area contributed by atoms with Gasteiger partial charge in [-0.15, -0.1) is 23.1 Å². The number of benzene rings is 4. The van der Waals surface area contributed by atoms with Crippen molar-refractivity contribution in [3.63, 3.8) is 0 Å². The maximum Gasteiger partial charge on any atom is 0.272 e. The molecule has 0 saturated carbocycles. The molecule has 4 aromatic carbocycles. The fourth-order valence-corrected chi connectivity index (χ4v) is 6.09. The molecule has 9 heteroatoms. The van der Waals surface area contributed by atoms with E-state index in [1.54, 1.807) is 36.4 Å². The molecule has 0 spiro atoms. The Hall–Kier alpha value is -4.99. The zero-order valence-electron chi connectivity index (χ0n) is 24.1. The van der Waals surface area contributed by atoms with Crippen LogP contribution >= 0.6 is 23.1 Å². The van der Waals surface area contributed by atoms with Crippen LogP contribution in [0.5, 0.6) is 0 Å². The lowest BCUT2D eigenvalue weighted by Gasteiger charge is -2.17. The predicted molar refractivity (Wildman–Crippen MR) is 179 cm³/mol. The molecule has 7 nitrogen and oxygen atoms in total. The van der Waals surface area contributed by atoms with Crippen molar-refractivity contribution in [1.82, 2.24) is 10.3 Å². The maximum atomic E-state index is 13.6. The Balaban J connectivity index is 1.38. The highest BCUT2D eigenvalue weighted by Gasteiger charge is 2.23. The first-order valence-corrected chi connectivity index (χ1v) is 15.6. The Bertz CT molecular complexity index is 1800. The summed E-state index contributed by atoms with van der Waals surface area (Å²) in [6.45, 7) is 3.82. The van der Waals surface area contributed by atoms with E-state index in [0.29, 0.717) is 16.4 Å². The lowest BCUT2D eigenvalue weighted by molar-refractivity contribution is -0.116. The van der Waals surface area contributed by atoms with Crippen molar-refractivity contribution >= 4 is 57.7 Å². The van der Waals surface area contributed by atoms with Gasteiger partial charge in [0, 0.05) is 21.5 Å². The van der Waals surface area contributed by atoms with Crippen molar-refractivity contribution in [2.45, 2.75) is 24.0 Å². The average molecular weight is 619 g/mol. The summed E-state index contributed by atoms with van der Waals surface area (Å²) in [4.78, 5) is 45.2. The minimum absolute atomic E-state index is 0.103. The van der Waals surface area contributed by atoms with E-state index in [0.717, 1.165) is 27.3 Å². The molecule has 3 amide bonds. The van der Waals surface area contributed by atoms with Gasteiger partial charge in [0.2, 0.25) is 5.91 Å². The molecule has 3 N–H and O–H groups in total. The average Bonchev–Trinajstić information content (AvgIpc) is 3.45. The Morgan fingerprint density at radius 1 is 0.818 bits per heavy atom. The topological polar surface area (TPSA) is 100 Å². The van der Waals surface area contributed by atoms with Crippen molar-refractivity contribution in [3.8, 4) is 0 Å². The van der Waals surface area contributed by atoms with Crippen LogP contribution < -0.4 is 16.0 Å². The summed E-state index contributed by atoms with van der Waals surface area (Å²) < 4.78 is 0. The van der Waals surface area contributed by atoms with Crippen LogP contribution in [-0.2, 0) is 9.59 Å². The molecule has 1 atom stereocenters. The Morgan fingerprint density at radius 2 is 1.52 bits per heavy atom. The minimum Gasteiger partial charge on any atom is -0.321 e. The van der Waals surface area contributed by atoms with E-state index < -0.39 is 17.1 Å². The molecule has 0 aliphatic rings. The van der Waals surface area contributed by atoms with Crippen LogP contribution in [0.3, 0.4) is 0 Å². The molecule has 0 radical (unpaired) electrons. The summed E-state index contributed by atoms with van der Waals surface area (Å²) in [6, 6.07) is 33.2. The first kappa shape index (κ1) is 30.5. The second-order valence-electron chi connectivity index (χ2n) is 9.91. The summed E-state index contributed by atoms with van der Waals surface area (Å²) in [5.74, 6) is -1.06. The van der Waals surface area contributed by atoms with Crippen LogP contribution in [0.4, 0.5) is 10.8 Å². The fraction of sp³-hybridized carbons (Fsp3) is 0.0857. The standard InChI is InChI=1S/C35H30N4O3S2/c1-23-12-9-10-17-27(23)20-30(38-32(40)26-15-7-4-8-16-26)33(41)37-28-18-11-19-29(21-28)44-31(25-13-5-3-6-14-25)34(42)39-35-36-24(2)22-43-35/h3-22,31H,1-2H3,(H,37,41)(H,38,40)(H,36,39,42)/b30-20-. The normalized spacial score (nSPS) is 11.8. The van der Waals surface area contributed by atoms with Gasteiger partial charge in [0.1, 0.15) is 10.9 Å². The molecule has 5 rings (SSSR count). The van der Waals surface area contributed by atoms with Crippen molar-refractivity contribution in [2.75, 3.05) is 10.6 Å². The number of amides is 3. The van der Waals surface area contributed by atoms with E-state index in [1.807, 2.05) is 98.1 Å². The summed E-state index contributed by atoms with van der Waals surface area (Å²) in [5.41, 5.74) is 4.51. The number of aryl methyl sites for hydroxylation is 2. The summed E-state index contributed by atoms with van der Waals surface area (Å²) in [6.07, 6.45) is 1.67. The molecule has 5 aromatic rings. The van der Waals surface area contributed by atoms with Gasteiger partial charge in [0.15, 0.2) is 5.13 Å². The number of rotatable bonds is 10. The second kappa shape index (κ2) is 14.5. The van der Waals surface area contributed by atoms with E-state index in [4.69, 9.17) is 0 Å². The number of nitrogens with one attached hydrogen (secondary N) is 3. The third-order valence-electron chi connectivity index (χ3n) is 6.55. The number of hydrogen-bond donors (Lipinski definition) is 3. The number of aromatic nitrogens is 1. The summed E-state index contributed by atoms with van der Waals surface area (Å²) >= 11 is 2.74. The number of thiazole rings is 1. The van der Waals surface area contributed by atoms with E-state index in [1.165, 1.54) is 23.1 Å². The van der Waals surface area contributed by atoms with Crippen LogP contribution in [0.15, 0.2) is 125 Å². The zero-order valence-corrected chi connectivity index (χ0v) is 25.7. The minimum atomic E-state index is -0.562. The van der Waals surface area contributed by atoms with Gasteiger partial charge in [0.25, 0.3) is 11.8 Å². The van der Waals surface area contributed by atoms with Crippen LogP contribution in [0, 0.1) is 13.8 Å². The smallest absolute Gasteiger partial charge is 0.272 e. The monoisotopic (exact) mass is 618 g/mol. The van der Waals surface area contributed by atoms with Gasteiger partial charge in [-0.2, -0.15) is 0 Å². The van der Waals surface area contributed by atoms with Crippen LogP contribution in [-0.4, -0.2) is 22.7 Å². The van der Waals surface area contributed by atoms with Gasteiger partial charge in [-0.05, 0) is 66.9 Å². The fourth-order valence-electron chi connectivity index (χ4n) is 4.31. The van der Waals surface area contributed by atoms with Gasteiger partial charge < -0.3 is 16.0 Å². The van der Waals surface area contributed by atoms with Crippen LogP contribution in [0.25, 0.3) is 6.08 Å². The van der Waals surface area contributed by atoms with Crippen LogP contribution in [0.1, 0.15) is 38.0 Å². The third-order valence-corrected chi connectivity index (χ3v) is 8.68. The number of thioether (sulfide) groups is 1. The Morgan fingerprint density at radius 3 is 2.23 bits per heavy atom. The number of nitrogens with zero attached hydrogens (tertiary/aromatic N) is 1. The molecule has 0 fully saturated rings. The van der Waals surface area contributed by atoms with Crippen molar-refractivity contribution in [1.29, 1.82) is 0 Å². The second-order valence-corrected chi connectivity index (χ2v) is 11.9. The number of carbonyl (C=O) groups is 3. The molecular formula is C35H30N4O3S2. The lowest BCUT2D eigenvalue weighted by atomic mass is 10.1. The maximum absolute atomic E-state index is 13.6. The molecular weight excluding hydrogens is 589 g/mol. The van der Waals surface area contributed by atoms with Crippen molar-refractivity contribution in [2.24, 2.45) is 0 Å². The van der Waals surface area contributed by atoms with E-state index in [9.17, 15) is 14.4 Å². The predicted octanol–water partition coefficient (Wildman–Crippen LogP) is 7.64. The highest BCUT2D eigenvalue weighted by atomic mass is 32.2. The van der Waals surface area contributed by atoms with Gasteiger partial charge in [-0.1, -0.05) is 78.9 Å². The first-order valence-electron chi connectivity index (χ1n) is 13.9. The lowest BCUT2D eigenvalue weighted by Crippen LogP contribution is -2.30. The zero-order chi connectivity index (χ0) is 30.9. The highest BCUT2D eigenvalue weighted by Crippen LogP contribution is 2.37. The number of anilines is 2. The number of hydrogen-bond acceptors (Lipinski definition) is 6. The van der Waals surface area contributed by atoms with Gasteiger partial charge in [0.05, 0.1) is 5.69 Å². The largest absolute Gasteiger partial charge is 0.321 e. The SMILES string of the molecule is Cc1csc(NC(=O)C(Sc2cccc(NC(=O)/C(=C/c3ccccc3C)NC(=O)c3ccccc3)c2)c2ccccc2)n1. The van der Waals surface area contributed by atoms with Gasteiger partial charge in [-0.25, -0.2) is 4.98 Å². The summed E-state index contributed by atoms with van der Waals surface area (Å²) in [7, 11) is 0. The first-order chi connectivity index (χ1) is 21.4. The van der Waals surface area contributed by atoms with Gasteiger partial charge >= 0.3 is 0 Å². The molecule has 0 aliphatic carbocycles. The quantitative estimate of drug-likeness (QED) is 0.110. The van der Waals surface area contributed by atoms with Gasteiger partial charge in [-0.3, -0.25) is 14.4 Å². The molecule has 44 heavy (non-hydrogen) atoms. The molecule has 0 aliphatic heterocycles. The molecule has 1 heterocycles. The van der Waals surface area contributed by atoms with E-state index in [-0.39, 0.29) is 11.6 Å². The Kier molecular flexibility index (Phi) is 10.0. The van der Waals surface area contributed by atoms with Crippen molar-refractivity contribution in [3.05, 3.63) is 148 Å².